The number of benzene rings is 1. The molecule has 0 heterocycles. The van der Waals surface area contributed by atoms with Crippen molar-refractivity contribution in [3.8, 4) is 0 Å². The van der Waals surface area contributed by atoms with Crippen LogP contribution in [-0.4, -0.2) is 35.8 Å². The van der Waals surface area contributed by atoms with Crippen LogP contribution in [0.4, 0.5) is 0 Å². The summed E-state index contributed by atoms with van der Waals surface area (Å²) in [6, 6.07) is 10.1. The predicted molar refractivity (Wildman–Crippen MR) is 77.4 cm³/mol. The van der Waals surface area contributed by atoms with Crippen molar-refractivity contribution in [2.24, 2.45) is 0 Å². The molecule has 0 saturated carbocycles. The Kier molecular flexibility index (Phi) is 5.75. The molecule has 3 heteroatoms. The third-order valence-corrected chi connectivity index (χ3v) is 3.39. The summed E-state index contributed by atoms with van der Waals surface area (Å²) in [5, 5.41) is 13.2. The van der Waals surface area contributed by atoms with Gasteiger partial charge in [0.05, 0.1) is 5.60 Å². The molecule has 0 fully saturated rings. The van der Waals surface area contributed by atoms with Gasteiger partial charge in [-0.2, -0.15) is 11.8 Å². The van der Waals surface area contributed by atoms with Gasteiger partial charge in [0.25, 0.3) is 0 Å². The van der Waals surface area contributed by atoms with E-state index in [-0.39, 0.29) is 0 Å². The van der Waals surface area contributed by atoms with Crippen LogP contribution in [0, 0.1) is 0 Å². The molecule has 0 aliphatic rings. The minimum absolute atomic E-state index is 0.583. The first-order valence-corrected chi connectivity index (χ1v) is 7.10. The van der Waals surface area contributed by atoms with E-state index in [4.69, 9.17) is 0 Å². The van der Waals surface area contributed by atoms with Crippen LogP contribution < -0.4 is 5.32 Å². The van der Waals surface area contributed by atoms with Crippen LogP contribution >= 0.6 is 11.8 Å². The number of aliphatic hydroxyl groups is 1. The second kappa shape index (κ2) is 6.84. The molecule has 2 N–H and O–H groups in total. The molecule has 1 aromatic carbocycles. The van der Waals surface area contributed by atoms with Gasteiger partial charge in [0.15, 0.2) is 0 Å². The Morgan fingerprint density at radius 3 is 2.65 bits per heavy atom. The summed E-state index contributed by atoms with van der Waals surface area (Å²) in [7, 11) is 0. The minimum Gasteiger partial charge on any atom is -0.388 e. The molecule has 1 aromatic rings. The van der Waals surface area contributed by atoms with Gasteiger partial charge in [0, 0.05) is 18.8 Å². The van der Waals surface area contributed by atoms with Crippen molar-refractivity contribution in [2.75, 3.05) is 25.1 Å². The fourth-order valence-corrected chi connectivity index (χ4v) is 2.34. The van der Waals surface area contributed by atoms with Crippen molar-refractivity contribution in [2.45, 2.75) is 12.5 Å². The maximum absolute atomic E-state index is 9.98. The molecule has 1 unspecified atom stereocenters. The monoisotopic (exact) mass is 251 g/mol. The summed E-state index contributed by atoms with van der Waals surface area (Å²) in [4.78, 5) is 0. The van der Waals surface area contributed by atoms with Crippen LogP contribution in [0.15, 0.2) is 36.9 Å². The van der Waals surface area contributed by atoms with E-state index >= 15 is 0 Å². The van der Waals surface area contributed by atoms with Crippen molar-refractivity contribution in [3.05, 3.63) is 42.5 Å². The van der Waals surface area contributed by atoms with Crippen LogP contribution in [0.25, 0.3) is 5.57 Å². The lowest BCUT2D eigenvalue weighted by atomic mass is 10.1. The molecule has 1 rings (SSSR count). The van der Waals surface area contributed by atoms with Crippen LogP contribution in [0.1, 0.15) is 12.5 Å². The van der Waals surface area contributed by atoms with Gasteiger partial charge in [-0.3, -0.25) is 0 Å². The highest BCUT2D eigenvalue weighted by Crippen LogP contribution is 2.12. The summed E-state index contributed by atoms with van der Waals surface area (Å²) < 4.78 is 0. The molecule has 0 radical (unpaired) electrons. The molecular formula is C14H21NOS. The molecule has 0 amide bonds. The van der Waals surface area contributed by atoms with Crippen molar-refractivity contribution >= 4 is 17.3 Å². The van der Waals surface area contributed by atoms with E-state index in [1.54, 1.807) is 11.8 Å². The number of hydrogen-bond donors (Lipinski definition) is 2. The van der Waals surface area contributed by atoms with E-state index in [2.05, 4.69) is 11.9 Å². The van der Waals surface area contributed by atoms with Crippen molar-refractivity contribution in [3.63, 3.8) is 0 Å². The Bertz CT molecular complexity index is 348. The zero-order valence-electron chi connectivity index (χ0n) is 10.6. The average Bonchev–Trinajstić information content (AvgIpc) is 2.29. The normalized spacial score (nSPS) is 14.3. The third-order valence-electron chi connectivity index (χ3n) is 2.48. The van der Waals surface area contributed by atoms with E-state index in [1.807, 2.05) is 43.5 Å². The Morgan fingerprint density at radius 1 is 1.41 bits per heavy atom. The van der Waals surface area contributed by atoms with Crippen LogP contribution in [0.2, 0.25) is 0 Å². The van der Waals surface area contributed by atoms with Crippen LogP contribution in [0.3, 0.4) is 0 Å². The van der Waals surface area contributed by atoms with Gasteiger partial charge in [0.2, 0.25) is 0 Å². The first-order chi connectivity index (χ1) is 8.05. The molecule has 2 nitrogen and oxygen atoms in total. The maximum atomic E-state index is 9.98. The summed E-state index contributed by atoms with van der Waals surface area (Å²) in [6.45, 7) is 7.18. The van der Waals surface area contributed by atoms with Crippen molar-refractivity contribution < 1.29 is 5.11 Å². The van der Waals surface area contributed by atoms with Gasteiger partial charge in [-0.1, -0.05) is 36.9 Å². The molecule has 0 aromatic heterocycles. The quantitative estimate of drug-likeness (QED) is 0.780. The number of nitrogens with one attached hydrogen (secondary N) is 1. The van der Waals surface area contributed by atoms with Gasteiger partial charge < -0.3 is 10.4 Å². The van der Waals surface area contributed by atoms with Crippen molar-refractivity contribution in [1.82, 2.24) is 5.32 Å². The van der Waals surface area contributed by atoms with Crippen LogP contribution in [-0.2, 0) is 0 Å². The Morgan fingerprint density at radius 2 is 2.06 bits per heavy atom. The molecule has 94 valence electrons. The number of rotatable bonds is 7. The summed E-state index contributed by atoms with van der Waals surface area (Å²) in [5.41, 5.74) is 1.53. The van der Waals surface area contributed by atoms with E-state index < -0.39 is 5.60 Å². The zero-order chi connectivity index (χ0) is 12.7. The highest BCUT2D eigenvalue weighted by atomic mass is 32.2. The molecule has 0 bridgehead atoms. The fraction of sp³-hybridized carbons (Fsp3) is 0.429. The lowest BCUT2D eigenvalue weighted by Gasteiger charge is -2.22. The third kappa shape index (κ3) is 5.39. The molecular weight excluding hydrogens is 230 g/mol. The van der Waals surface area contributed by atoms with Crippen LogP contribution in [0.5, 0.6) is 0 Å². The Labute approximate surface area is 108 Å². The van der Waals surface area contributed by atoms with E-state index in [0.29, 0.717) is 13.1 Å². The number of hydrogen-bond acceptors (Lipinski definition) is 3. The molecule has 17 heavy (non-hydrogen) atoms. The first kappa shape index (κ1) is 14.3. The Balaban J connectivity index is 2.35. The van der Waals surface area contributed by atoms with Gasteiger partial charge in [-0.05, 0) is 24.3 Å². The summed E-state index contributed by atoms with van der Waals surface area (Å²) in [5.74, 6) is 0.734. The lowest BCUT2D eigenvalue weighted by molar-refractivity contribution is 0.0862. The molecule has 0 spiro atoms. The Hall–Kier alpha value is -0.770. The predicted octanol–water partition coefficient (Wildman–Crippen LogP) is 2.40. The standard InChI is InChI=1S/C14H21NOS/c1-12(13-7-5-4-6-8-13)9-15-10-14(2,16)11-17-3/h4-8,15-16H,1,9-11H2,2-3H3. The summed E-state index contributed by atoms with van der Waals surface area (Å²) in [6.07, 6.45) is 2.00. The molecule has 0 aliphatic carbocycles. The van der Waals surface area contributed by atoms with Gasteiger partial charge in [-0.15, -0.1) is 0 Å². The van der Waals surface area contributed by atoms with E-state index in [0.717, 1.165) is 16.9 Å². The zero-order valence-corrected chi connectivity index (χ0v) is 11.4. The van der Waals surface area contributed by atoms with Crippen molar-refractivity contribution in [1.29, 1.82) is 0 Å². The lowest BCUT2D eigenvalue weighted by Crippen LogP contribution is -2.40. The van der Waals surface area contributed by atoms with E-state index in [9.17, 15) is 5.11 Å². The smallest absolute Gasteiger partial charge is 0.0833 e. The first-order valence-electron chi connectivity index (χ1n) is 5.70. The van der Waals surface area contributed by atoms with E-state index in [1.165, 1.54) is 0 Å². The molecule has 1 atom stereocenters. The van der Waals surface area contributed by atoms with Gasteiger partial charge in [0.1, 0.15) is 0 Å². The minimum atomic E-state index is -0.656. The molecule has 0 aliphatic heterocycles. The largest absolute Gasteiger partial charge is 0.388 e. The second-order valence-corrected chi connectivity index (χ2v) is 5.37. The van der Waals surface area contributed by atoms with Gasteiger partial charge >= 0.3 is 0 Å². The highest BCUT2D eigenvalue weighted by molar-refractivity contribution is 7.98. The highest BCUT2D eigenvalue weighted by Gasteiger charge is 2.18. The second-order valence-electron chi connectivity index (χ2n) is 4.50. The topological polar surface area (TPSA) is 32.3 Å². The SMILES string of the molecule is C=C(CNCC(C)(O)CSC)c1ccccc1. The maximum Gasteiger partial charge on any atom is 0.0833 e. The van der Waals surface area contributed by atoms with Gasteiger partial charge in [-0.25, -0.2) is 0 Å². The molecule has 0 saturated heterocycles. The fourth-order valence-electron chi connectivity index (χ4n) is 1.62. The average molecular weight is 251 g/mol. The summed E-state index contributed by atoms with van der Waals surface area (Å²) >= 11 is 1.65. The number of thioether (sulfide) groups is 1.